The van der Waals surface area contributed by atoms with E-state index in [1.54, 1.807) is 6.08 Å². The second-order valence-electron chi connectivity index (χ2n) is 10.1. The third kappa shape index (κ3) is 6.00. The molecule has 0 radical (unpaired) electrons. The Hall–Kier alpha value is -4.07. The first-order valence-electron chi connectivity index (χ1n) is 12.7. The number of esters is 2. The van der Waals surface area contributed by atoms with Gasteiger partial charge in [0.1, 0.15) is 17.8 Å². The van der Waals surface area contributed by atoms with E-state index in [1.165, 1.54) is 17.2 Å². The zero-order valence-electron chi connectivity index (χ0n) is 21.6. The fourth-order valence-electron chi connectivity index (χ4n) is 4.70. The predicted molar refractivity (Wildman–Crippen MR) is 130 cm³/mol. The number of ether oxygens (including phenoxy) is 3. The number of carbonyl (C=O) groups excluding carboxylic acids is 5. The van der Waals surface area contributed by atoms with Crippen molar-refractivity contribution >= 4 is 29.7 Å². The Morgan fingerprint density at radius 1 is 1.26 bits per heavy atom. The van der Waals surface area contributed by atoms with Crippen molar-refractivity contribution in [3.05, 3.63) is 30.1 Å². The van der Waals surface area contributed by atoms with Gasteiger partial charge in [-0.3, -0.25) is 19.2 Å². The highest BCUT2D eigenvalue weighted by Crippen LogP contribution is 2.33. The lowest BCUT2D eigenvalue weighted by molar-refractivity contribution is -0.220. The molecule has 0 bridgehead atoms. The van der Waals surface area contributed by atoms with E-state index in [2.05, 4.69) is 20.0 Å². The van der Waals surface area contributed by atoms with Gasteiger partial charge in [-0.1, -0.05) is 26.0 Å². The van der Waals surface area contributed by atoms with Crippen LogP contribution in [0.15, 0.2) is 24.4 Å². The van der Waals surface area contributed by atoms with E-state index in [9.17, 15) is 29.1 Å². The molecule has 14 heteroatoms. The molecule has 0 saturated carbocycles. The highest BCUT2D eigenvalue weighted by Gasteiger charge is 2.57. The summed E-state index contributed by atoms with van der Waals surface area (Å²) in [7, 11) is 0. The number of rotatable bonds is 8. The number of carbonyl (C=O) groups is 5. The van der Waals surface area contributed by atoms with Gasteiger partial charge in [-0.05, 0) is 37.7 Å². The minimum Gasteiger partial charge on any atom is -0.463 e. The number of hydrogen-bond acceptors (Lipinski definition) is 11. The van der Waals surface area contributed by atoms with E-state index in [1.807, 2.05) is 19.9 Å². The molecule has 4 N–H and O–H groups in total. The first kappa shape index (κ1) is 28.0. The molecule has 1 aromatic heterocycles. The third-order valence-corrected chi connectivity index (χ3v) is 6.66. The highest BCUT2D eigenvalue weighted by molar-refractivity contribution is 5.97. The van der Waals surface area contributed by atoms with Crippen LogP contribution in [0.4, 0.5) is 0 Å². The summed E-state index contributed by atoms with van der Waals surface area (Å²) in [6, 6.07) is -1.01. The molecule has 3 amide bonds. The zero-order valence-corrected chi connectivity index (χ0v) is 21.6. The van der Waals surface area contributed by atoms with E-state index in [-0.39, 0.29) is 36.5 Å². The molecule has 4 heterocycles. The molecular weight excluding hydrogens is 514 g/mol. The van der Waals surface area contributed by atoms with Gasteiger partial charge in [0.15, 0.2) is 6.10 Å². The number of cyclic esters (lactones) is 1. The van der Waals surface area contributed by atoms with E-state index in [0.29, 0.717) is 19.4 Å². The molecule has 14 nitrogen and oxygen atoms in total. The van der Waals surface area contributed by atoms with Gasteiger partial charge in [-0.2, -0.15) is 4.98 Å². The molecule has 39 heavy (non-hydrogen) atoms. The predicted octanol–water partition coefficient (Wildman–Crippen LogP) is -0.648. The van der Waals surface area contributed by atoms with Crippen LogP contribution in [0.2, 0.25) is 0 Å². The molecule has 2 fully saturated rings. The van der Waals surface area contributed by atoms with Gasteiger partial charge in [0.25, 0.3) is 11.8 Å². The molecule has 4 rings (SSSR count). The number of nitrogens with one attached hydrogen (secondary N) is 1. The molecule has 3 aliphatic heterocycles. The molecule has 2 saturated heterocycles. The first-order chi connectivity index (χ1) is 18.5. The van der Waals surface area contributed by atoms with E-state index < -0.39 is 60.1 Å². The van der Waals surface area contributed by atoms with Crippen LogP contribution >= 0.6 is 0 Å². The van der Waals surface area contributed by atoms with Crippen molar-refractivity contribution in [3.63, 3.8) is 0 Å². The van der Waals surface area contributed by atoms with Crippen LogP contribution in [0.25, 0.3) is 0 Å². The maximum atomic E-state index is 13.6. The normalized spacial score (nSPS) is 28.4. The lowest BCUT2D eigenvalue weighted by atomic mass is 10.0. The SMILES string of the molecule is CC(C)COc1nccc(C(=O)NC2CC=CCC3CCC(C(=O)OC4CC(=O)OC4(O)C(N)=O)N3C2=O)n1. The van der Waals surface area contributed by atoms with Gasteiger partial charge in [-0.25, -0.2) is 9.78 Å². The lowest BCUT2D eigenvalue weighted by Crippen LogP contribution is -2.56. The van der Waals surface area contributed by atoms with Crippen LogP contribution in [0.1, 0.15) is 56.4 Å². The Bertz CT molecular complexity index is 1190. The number of aromatic nitrogens is 2. The maximum absolute atomic E-state index is 13.6. The highest BCUT2D eigenvalue weighted by atomic mass is 16.7. The number of fused-ring (bicyclic) bond motifs is 1. The van der Waals surface area contributed by atoms with E-state index in [0.717, 1.165) is 0 Å². The molecule has 3 aliphatic rings. The van der Waals surface area contributed by atoms with Crippen LogP contribution in [0, 0.1) is 5.92 Å². The van der Waals surface area contributed by atoms with Crippen molar-refractivity contribution in [2.24, 2.45) is 11.7 Å². The second-order valence-corrected chi connectivity index (χ2v) is 10.1. The summed E-state index contributed by atoms with van der Waals surface area (Å²) in [6.07, 6.45) is 4.18. The Morgan fingerprint density at radius 3 is 2.72 bits per heavy atom. The molecule has 5 unspecified atom stereocenters. The fourth-order valence-corrected chi connectivity index (χ4v) is 4.70. The average Bonchev–Trinajstić information content (AvgIpc) is 3.43. The summed E-state index contributed by atoms with van der Waals surface area (Å²) in [5, 5.41) is 13.0. The van der Waals surface area contributed by atoms with E-state index in [4.69, 9.17) is 15.2 Å². The number of amides is 3. The van der Waals surface area contributed by atoms with Crippen LogP contribution < -0.4 is 15.8 Å². The topological polar surface area (TPSA) is 200 Å². The van der Waals surface area contributed by atoms with Crippen LogP contribution in [0.5, 0.6) is 6.01 Å². The van der Waals surface area contributed by atoms with Crippen molar-refractivity contribution in [2.45, 2.75) is 76.0 Å². The first-order valence-corrected chi connectivity index (χ1v) is 12.7. The molecule has 210 valence electrons. The summed E-state index contributed by atoms with van der Waals surface area (Å²) >= 11 is 0. The van der Waals surface area contributed by atoms with Crippen LogP contribution in [-0.2, 0) is 28.7 Å². The van der Waals surface area contributed by atoms with Crippen molar-refractivity contribution in [1.82, 2.24) is 20.2 Å². The number of aliphatic hydroxyl groups is 1. The van der Waals surface area contributed by atoms with Crippen molar-refractivity contribution in [1.29, 1.82) is 0 Å². The molecule has 1 aromatic rings. The van der Waals surface area contributed by atoms with E-state index >= 15 is 0 Å². The number of primary amides is 1. The van der Waals surface area contributed by atoms with Crippen LogP contribution in [0.3, 0.4) is 0 Å². The molecule has 0 aromatic carbocycles. The number of nitrogens with zero attached hydrogens (tertiary/aromatic N) is 3. The van der Waals surface area contributed by atoms with Gasteiger partial charge >= 0.3 is 23.7 Å². The smallest absolute Gasteiger partial charge is 0.329 e. The van der Waals surface area contributed by atoms with Gasteiger partial charge in [0, 0.05) is 12.2 Å². The standard InChI is InChI=1S/C25H31N5O9/c1-13(2)12-37-24-27-10-9-15(29-24)20(32)28-16-6-4-3-5-14-7-8-17(30(14)21(16)33)22(34)38-18-11-19(31)39-25(18,36)23(26)35/h3-4,9-10,13-14,16-18,36H,5-8,11-12H2,1-2H3,(H2,26,35)(H,28,32). The van der Waals surface area contributed by atoms with Gasteiger partial charge < -0.3 is 35.3 Å². The summed E-state index contributed by atoms with van der Waals surface area (Å²) in [6.45, 7) is 4.28. The maximum Gasteiger partial charge on any atom is 0.329 e. The third-order valence-electron chi connectivity index (χ3n) is 6.66. The summed E-state index contributed by atoms with van der Waals surface area (Å²) < 4.78 is 15.4. The Morgan fingerprint density at radius 2 is 2.00 bits per heavy atom. The largest absolute Gasteiger partial charge is 0.463 e. The lowest BCUT2D eigenvalue weighted by Gasteiger charge is -2.34. The second kappa shape index (κ2) is 11.4. The quantitative estimate of drug-likeness (QED) is 0.277. The number of nitrogens with two attached hydrogens (primary N) is 1. The van der Waals surface area contributed by atoms with Gasteiger partial charge in [0.05, 0.1) is 13.0 Å². The Labute approximate surface area is 223 Å². The fraction of sp³-hybridized carbons (Fsp3) is 0.560. The Kier molecular flexibility index (Phi) is 8.14. The number of hydrogen-bond donors (Lipinski definition) is 3. The van der Waals surface area contributed by atoms with Crippen molar-refractivity contribution < 1.29 is 43.3 Å². The zero-order chi connectivity index (χ0) is 28.3. The monoisotopic (exact) mass is 545 g/mol. The van der Waals surface area contributed by atoms with Gasteiger partial charge in [-0.15, -0.1) is 0 Å². The summed E-state index contributed by atoms with van der Waals surface area (Å²) in [5.41, 5.74) is 5.15. The average molecular weight is 546 g/mol. The van der Waals surface area contributed by atoms with Crippen molar-refractivity contribution in [2.75, 3.05) is 6.61 Å². The molecule has 0 aliphatic carbocycles. The molecule has 0 spiro atoms. The van der Waals surface area contributed by atoms with Crippen LogP contribution in [-0.4, -0.2) is 86.3 Å². The van der Waals surface area contributed by atoms with Crippen molar-refractivity contribution in [3.8, 4) is 6.01 Å². The summed E-state index contributed by atoms with van der Waals surface area (Å²) in [5.74, 6) is -6.96. The van der Waals surface area contributed by atoms with Gasteiger partial charge in [0.2, 0.25) is 5.91 Å². The molecular formula is C25H31N5O9. The Balaban J connectivity index is 1.48. The molecule has 5 atom stereocenters. The minimum absolute atomic E-state index is 0.00756. The summed E-state index contributed by atoms with van der Waals surface area (Å²) in [4.78, 5) is 72.6. The minimum atomic E-state index is -2.79.